The fourth-order valence-electron chi connectivity index (χ4n) is 1.76. The lowest BCUT2D eigenvalue weighted by atomic mass is 10.2. The van der Waals surface area contributed by atoms with Crippen molar-refractivity contribution in [3.05, 3.63) is 35.9 Å². The van der Waals surface area contributed by atoms with Gasteiger partial charge in [-0.15, -0.1) is 0 Å². The van der Waals surface area contributed by atoms with Gasteiger partial charge in [-0.2, -0.15) is 0 Å². The summed E-state index contributed by atoms with van der Waals surface area (Å²) in [6.45, 7) is 8.85. The summed E-state index contributed by atoms with van der Waals surface area (Å²) in [5, 5.41) is 3.06. The third-order valence-corrected chi connectivity index (χ3v) is 2.81. The predicted octanol–water partition coefficient (Wildman–Crippen LogP) is 1.58. The summed E-state index contributed by atoms with van der Waals surface area (Å²) < 4.78 is 4.55. The van der Waals surface area contributed by atoms with Crippen LogP contribution < -0.4 is 5.32 Å². The second kappa shape index (κ2) is 8.42. The van der Waals surface area contributed by atoms with E-state index in [1.54, 1.807) is 0 Å². The van der Waals surface area contributed by atoms with E-state index < -0.39 is 0 Å². The standard InChI is InChI=1S/C11H14N2O.C5H10O2/c14-11-8-12-6-7-13(11)9-10-4-2-1-3-5-10;1-5(2,3)7-4-6/h1-5,12H,6-9H2;4H,1-3H3. The average Bonchev–Trinajstić information content (AvgIpc) is 2.42. The maximum atomic E-state index is 11.5. The normalized spacial score (nSPS) is 15.0. The SMILES string of the molecule is CC(C)(C)OC=O.O=C1CNCCN1Cc1ccccc1. The van der Waals surface area contributed by atoms with Crippen LogP contribution in [0.15, 0.2) is 30.3 Å². The molecule has 1 aliphatic heterocycles. The van der Waals surface area contributed by atoms with E-state index in [0.29, 0.717) is 13.0 Å². The molecular weight excluding hydrogens is 268 g/mol. The van der Waals surface area contributed by atoms with Gasteiger partial charge in [0.2, 0.25) is 5.91 Å². The highest BCUT2D eigenvalue weighted by atomic mass is 16.5. The van der Waals surface area contributed by atoms with Crippen molar-refractivity contribution in [3.8, 4) is 0 Å². The molecule has 1 aromatic carbocycles. The van der Waals surface area contributed by atoms with Crippen LogP contribution in [-0.4, -0.2) is 42.5 Å². The van der Waals surface area contributed by atoms with Crippen molar-refractivity contribution in [2.75, 3.05) is 19.6 Å². The van der Waals surface area contributed by atoms with Gasteiger partial charge in [0, 0.05) is 19.6 Å². The number of hydrogen-bond acceptors (Lipinski definition) is 4. The van der Waals surface area contributed by atoms with Crippen LogP contribution in [0.3, 0.4) is 0 Å². The molecule has 0 bridgehead atoms. The molecule has 0 radical (unpaired) electrons. The highest BCUT2D eigenvalue weighted by Gasteiger charge is 2.16. The van der Waals surface area contributed by atoms with Gasteiger partial charge < -0.3 is 15.0 Å². The summed E-state index contributed by atoms with van der Waals surface area (Å²) in [6.07, 6.45) is 0. The topological polar surface area (TPSA) is 58.6 Å². The van der Waals surface area contributed by atoms with Gasteiger partial charge in [0.1, 0.15) is 5.60 Å². The molecule has 5 nitrogen and oxygen atoms in total. The number of piperazine rings is 1. The predicted molar refractivity (Wildman–Crippen MR) is 81.6 cm³/mol. The molecule has 1 fully saturated rings. The van der Waals surface area contributed by atoms with E-state index in [2.05, 4.69) is 22.2 Å². The second-order valence-electron chi connectivity index (χ2n) is 5.80. The molecule has 0 unspecified atom stereocenters. The molecule has 1 saturated heterocycles. The van der Waals surface area contributed by atoms with Crippen molar-refractivity contribution >= 4 is 12.4 Å². The number of ether oxygens (including phenoxy) is 1. The third-order valence-electron chi connectivity index (χ3n) is 2.81. The van der Waals surface area contributed by atoms with Crippen molar-refractivity contribution < 1.29 is 14.3 Å². The molecule has 21 heavy (non-hydrogen) atoms. The number of hydrogen-bond donors (Lipinski definition) is 1. The van der Waals surface area contributed by atoms with Gasteiger partial charge in [0.05, 0.1) is 6.54 Å². The van der Waals surface area contributed by atoms with E-state index in [4.69, 9.17) is 0 Å². The first-order valence-electron chi connectivity index (χ1n) is 7.06. The Hall–Kier alpha value is -1.88. The highest BCUT2D eigenvalue weighted by molar-refractivity contribution is 5.78. The van der Waals surface area contributed by atoms with E-state index in [1.165, 1.54) is 5.56 Å². The van der Waals surface area contributed by atoms with Gasteiger partial charge in [0.25, 0.3) is 6.47 Å². The molecule has 0 saturated carbocycles. The molecule has 2 rings (SSSR count). The first-order valence-corrected chi connectivity index (χ1v) is 7.06. The van der Waals surface area contributed by atoms with Gasteiger partial charge in [-0.05, 0) is 26.3 Å². The van der Waals surface area contributed by atoms with Crippen LogP contribution in [0.2, 0.25) is 0 Å². The van der Waals surface area contributed by atoms with E-state index in [9.17, 15) is 9.59 Å². The quantitative estimate of drug-likeness (QED) is 0.859. The minimum atomic E-state index is -0.318. The van der Waals surface area contributed by atoms with Crippen LogP contribution in [0, 0.1) is 0 Å². The zero-order valence-corrected chi connectivity index (χ0v) is 13.0. The van der Waals surface area contributed by atoms with Crippen LogP contribution in [0.4, 0.5) is 0 Å². The first kappa shape index (κ1) is 17.2. The number of amides is 1. The van der Waals surface area contributed by atoms with Gasteiger partial charge in [-0.25, -0.2) is 0 Å². The minimum absolute atomic E-state index is 0.195. The number of nitrogens with one attached hydrogen (secondary N) is 1. The fraction of sp³-hybridized carbons (Fsp3) is 0.500. The Bertz CT molecular complexity index is 441. The Labute approximate surface area is 126 Å². The molecule has 1 N–H and O–H groups in total. The lowest BCUT2D eigenvalue weighted by molar-refractivity contribution is -0.138. The van der Waals surface area contributed by atoms with Gasteiger partial charge in [0.15, 0.2) is 0 Å². The van der Waals surface area contributed by atoms with Gasteiger partial charge in [-0.3, -0.25) is 9.59 Å². The lowest BCUT2D eigenvalue weighted by Crippen LogP contribution is -2.47. The molecule has 1 amide bonds. The summed E-state index contributed by atoms with van der Waals surface area (Å²) in [6, 6.07) is 10.1. The Morgan fingerprint density at radius 2 is 1.95 bits per heavy atom. The molecule has 0 aliphatic carbocycles. The molecule has 0 atom stereocenters. The van der Waals surface area contributed by atoms with E-state index in [0.717, 1.165) is 19.6 Å². The summed E-state index contributed by atoms with van der Waals surface area (Å²) in [5.74, 6) is 0.195. The largest absolute Gasteiger partial charge is 0.462 e. The van der Waals surface area contributed by atoms with Crippen molar-refractivity contribution in [3.63, 3.8) is 0 Å². The van der Waals surface area contributed by atoms with Gasteiger partial charge >= 0.3 is 0 Å². The number of benzene rings is 1. The zero-order chi connectivity index (χ0) is 15.7. The van der Waals surface area contributed by atoms with Crippen molar-refractivity contribution in [1.29, 1.82) is 0 Å². The van der Waals surface area contributed by atoms with Crippen LogP contribution in [0.1, 0.15) is 26.3 Å². The third kappa shape index (κ3) is 7.46. The number of carbonyl (C=O) groups is 2. The molecular formula is C16H24N2O3. The smallest absolute Gasteiger partial charge is 0.293 e. The number of rotatable bonds is 3. The Morgan fingerprint density at radius 1 is 1.29 bits per heavy atom. The van der Waals surface area contributed by atoms with E-state index in [-0.39, 0.29) is 11.5 Å². The summed E-state index contributed by atoms with van der Waals surface area (Å²) in [5.41, 5.74) is 0.879. The maximum absolute atomic E-state index is 11.5. The van der Waals surface area contributed by atoms with Crippen molar-refractivity contribution in [2.24, 2.45) is 0 Å². The number of carbonyl (C=O) groups excluding carboxylic acids is 2. The van der Waals surface area contributed by atoms with Crippen LogP contribution in [0.5, 0.6) is 0 Å². The van der Waals surface area contributed by atoms with Gasteiger partial charge in [-0.1, -0.05) is 30.3 Å². The molecule has 1 aliphatic rings. The minimum Gasteiger partial charge on any atom is -0.462 e. The van der Waals surface area contributed by atoms with Crippen molar-refractivity contribution in [1.82, 2.24) is 10.2 Å². The molecule has 1 heterocycles. The monoisotopic (exact) mass is 292 g/mol. The molecule has 116 valence electrons. The molecule has 1 aromatic rings. The summed E-state index contributed by atoms with van der Waals surface area (Å²) >= 11 is 0. The van der Waals surface area contributed by atoms with E-state index >= 15 is 0 Å². The zero-order valence-electron chi connectivity index (χ0n) is 13.0. The maximum Gasteiger partial charge on any atom is 0.293 e. The van der Waals surface area contributed by atoms with Crippen LogP contribution in [-0.2, 0) is 20.9 Å². The Balaban J connectivity index is 0.000000270. The van der Waals surface area contributed by atoms with Crippen LogP contribution >= 0.6 is 0 Å². The Morgan fingerprint density at radius 3 is 2.43 bits per heavy atom. The fourth-order valence-corrected chi connectivity index (χ4v) is 1.76. The second-order valence-corrected chi connectivity index (χ2v) is 5.80. The average molecular weight is 292 g/mol. The molecule has 0 aromatic heterocycles. The Kier molecular flexibility index (Phi) is 6.88. The number of nitrogens with zero attached hydrogens (tertiary/aromatic N) is 1. The summed E-state index contributed by atoms with van der Waals surface area (Å²) in [7, 11) is 0. The molecule has 0 spiro atoms. The molecule has 5 heteroatoms. The lowest BCUT2D eigenvalue weighted by Gasteiger charge is -2.27. The van der Waals surface area contributed by atoms with Crippen molar-refractivity contribution in [2.45, 2.75) is 32.9 Å². The van der Waals surface area contributed by atoms with E-state index in [1.807, 2.05) is 43.9 Å². The summed E-state index contributed by atoms with van der Waals surface area (Å²) in [4.78, 5) is 23.0. The highest BCUT2D eigenvalue weighted by Crippen LogP contribution is 2.05. The van der Waals surface area contributed by atoms with Crippen LogP contribution in [0.25, 0.3) is 0 Å². The first-order chi connectivity index (χ1) is 9.92.